The van der Waals surface area contributed by atoms with Gasteiger partial charge < -0.3 is 5.73 Å². The number of halogens is 1. The number of rotatable bonds is 4. The Morgan fingerprint density at radius 1 is 1.25 bits per heavy atom. The maximum absolute atomic E-state index is 12.8. The number of benzene rings is 1. The van der Waals surface area contributed by atoms with Crippen LogP contribution in [-0.4, -0.2) is 22.2 Å². The SMILES string of the molecule is CC.Nc1ccnc(N(C(=O)C(=P)c2ccc(Cl)cc2)C2CC2)c1. The number of nitrogens with two attached hydrogens (primary N) is 1. The van der Waals surface area contributed by atoms with Gasteiger partial charge in [-0.3, -0.25) is 9.69 Å². The molecule has 0 bridgehead atoms. The molecule has 2 N–H and O–H groups in total. The predicted octanol–water partition coefficient (Wildman–Crippen LogP) is 4.20. The number of carbonyl (C=O) groups is 1. The van der Waals surface area contributed by atoms with E-state index in [0.717, 1.165) is 18.4 Å². The minimum atomic E-state index is -0.125. The number of nitrogens with zero attached hydrogens (tertiary/aromatic N) is 2. The van der Waals surface area contributed by atoms with Gasteiger partial charge in [0.2, 0.25) is 0 Å². The van der Waals surface area contributed by atoms with Gasteiger partial charge in [0.25, 0.3) is 5.91 Å². The third-order valence-corrected chi connectivity index (χ3v) is 4.25. The van der Waals surface area contributed by atoms with Gasteiger partial charge in [-0.05, 0) is 36.6 Å². The molecule has 0 spiro atoms. The Hall–Kier alpha value is -1.90. The second-order valence-corrected chi connectivity index (χ2v) is 6.17. The van der Waals surface area contributed by atoms with Gasteiger partial charge in [-0.25, -0.2) is 4.98 Å². The van der Waals surface area contributed by atoms with Gasteiger partial charge in [0.1, 0.15) is 5.82 Å². The number of anilines is 2. The van der Waals surface area contributed by atoms with Crippen molar-refractivity contribution >= 4 is 43.2 Å². The molecule has 0 saturated heterocycles. The smallest absolute Gasteiger partial charge is 0.264 e. The quantitative estimate of drug-likeness (QED) is 0.830. The van der Waals surface area contributed by atoms with E-state index in [1.807, 2.05) is 13.8 Å². The van der Waals surface area contributed by atoms with Crippen molar-refractivity contribution in [3.63, 3.8) is 0 Å². The van der Waals surface area contributed by atoms with Crippen molar-refractivity contribution < 1.29 is 4.79 Å². The Bertz CT molecular complexity index is 729. The van der Waals surface area contributed by atoms with Crippen LogP contribution in [0.5, 0.6) is 0 Å². The monoisotopic (exact) mass is 361 g/mol. The lowest BCUT2D eigenvalue weighted by atomic mass is 10.1. The summed E-state index contributed by atoms with van der Waals surface area (Å²) in [7, 11) is 3.47. The van der Waals surface area contributed by atoms with Crippen LogP contribution < -0.4 is 10.6 Å². The van der Waals surface area contributed by atoms with Crippen LogP contribution >= 0.6 is 20.5 Å². The number of pyridine rings is 1. The molecule has 2 aromatic rings. The molecule has 1 aliphatic carbocycles. The molecule has 0 unspecified atom stereocenters. The van der Waals surface area contributed by atoms with Crippen molar-refractivity contribution in [2.45, 2.75) is 32.7 Å². The van der Waals surface area contributed by atoms with Crippen LogP contribution in [-0.2, 0) is 4.79 Å². The minimum absolute atomic E-state index is 0.125. The summed E-state index contributed by atoms with van der Waals surface area (Å²) in [5.74, 6) is 0.455. The van der Waals surface area contributed by atoms with Crippen molar-refractivity contribution in [2.24, 2.45) is 0 Å². The number of aromatic nitrogens is 1. The molecule has 1 saturated carbocycles. The zero-order valence-corrected chi connectivity index (χ0v) is 15.5. The molecule has 1 heterocycles. The van der Waals surface area contributed by atoms with Crippen LogP contribution in [0.25, 0.3) is 0 Å². The molecular weight excluding hydrogens is 341 g/mol. The summed E-state index contributed by atoms with van der Waals surface area (Å²) in [5, 5.41) is 1.11. The fourth-order valence-corrected chi connectivity index (χ4v) is 2.63. The first-order chi connectivity index (χ1) is 11.6. The van der Waals surface area contributed by atoms with Crippen molar-refractivity contribution in [3.8, 4) is 0 Å². The standard InChI is InChI=1S/C16H15ClN3OP.C2H6/c17-11-3-1-10(2-4-11)15(22)16(21)20(13-5-6-13)14-9-12(18)7-8-19-14;1-2/h1-4,7-9,13,22H,5-6H2,(H2,18,19);1-2H3. The van der Waals surface area contributed by atoms with Crippen LogP contribution in [0.3, 0.4) is 0 Å². The summed E-state index contributed by atoms with van der Waals surface area (Å²) in [6.45, 7) is 4.00. The third-order valence-electron chi connectivity index (χ3n) is 3.49. The average molecular weight is 362 g/mol. The van der Waals surface area contributed by atoms with Gasteiger partial charge in [0.05, 0.1) is 5.29 Å². The van der Waals surface area contributed by atoms with E-state index in [1.54, 1.807) is 47.5 Å². The summed E-state index contributed by atoms with van der Waals surface area (Å²) in [4.78, 5) is 18.8. The molecule has 6 heteroatoms. The molecule has 0 aliphatic heterocycles. The van der Waals surface area contributed by atoms with Gasteiger partial charge >= 0.3 is 0 Å². The summed E-state index contributed by atoms with van der Waals surface area (Å²) in [6, 6.07) is 10.7. The molecule has 1 fully saturated rings. The highest BCUT2D eigenvalue weighted by Gasteiger charge is 2.35. The summed E-state index contributed by atoms with van der Waals surface area (Å²) < 4.78 is 0. The van der Waals surface area contributed by atoms with E-state index < -0.39 is 0 Å². The summed E-state index contributed by atoms with van der Waals surface area (Å²) in [6.07, 6.45) is 3.56. The van der Waals surface area contributed by atoms with Crippen molar-refractivity contribution in [1.82, 2.24) is 4.98 Å². The van der Waals surface area contributed by atoms with E-state index in [4.69, 9.17) is 17.3 Å². The fourth-order valence-electron chi connectivity index (χ4n) is 2.22. The largest absolute Gasteiger partial charge is 0.399 e. The van der Waals surface area contributed by atoms with Crippen molar-refractivity contribution in [2.75, 3.05) is 10.6 Å². The fraction of sp³-hybridized carbons (Fsp3) is 0.278. The van der Waals surface area contributed by atoms with E-state index in [0.29, 0.717) is 21.8 Å². The highest BCUT2D eigenvalue weighted by Crippen LogP contribution is 2.32. The Morgan fingerprint density at radius 2 is 1.88 bits per heavy atom. The molecule has 1 aliphatic rings. The number of nitrogen functional groups attached to an aromatic ring is 1. The van der Waals surface area contributed by atoms with Gasteiger partial charge in [-0.15, -0.1) is 8.86 Å². The van der Waals surface area contributed by atoms with Gasteiger partial charge in [0.15, 0.2) is 0 Å². The second kappa shape index (κ2) is 8.27. The molecular formula is C18H21ClN3OP. The Balaban J connectivity index is 0.00000100. The summed E-state index contributed by atoms with van der Waals surface area (Å²) >= 11 is 5.89. The van der Waals surface area contributed by atoms with Crippen LogP contribution in [0.15, 0.2) is 42.6 Å². The van der Waals surface area contributed by atoms with Crippen LogP contribution in [0.2, 0.25) is 5.02 Å². The van der Waals surface area contributed by atoms with Crippen molar-refractivity contribution in [1.29, 1.82) is 0 Å². The first-order valence-electron chi connectivity index (χ1n) is 7.96. The van der Waals surface area contributed by atoms with E-state index in [1.165, 1.54) is 0 Å². The lowest BCUT2D eigenvalue weighted by molar-refractivity contribution is -0.112. The third kappa shape index (κ3) is 4.34. The molecule has 1 aromatic heterocycles. The lowest BCUT2D eigenvalue weighted by Crippen LogP contribution is -2.38. The Kier molecular flexibility index (Phi) is 6.36. The molecule has 24 heavy (non-hydrogen) atoms. The zero-order chi connectivity index (χ0) is 17.7. The maximum Gasteiger partial charge on any atom is 0.264 e. The second-order valence-electron chi connectivity index (χ2n) is 5.24. The number of hydrogen-bond donors (Lipinski definition) is 1. The zero-order valence-electron chi connectivity index (χ0n) is 13.8. The van der Waals surface area contributed by atoms with E-state index in [9.17, 15) is 4.79 Å². The molecule has 4 nitrogen and oxygen atoms in total. The number of carbonyl (C=O) groups excluding carboxylic acids is 1. The summed E-state index contributed by atoms with van der Waals surface area (Å²) in [5.41, 5.74) is 7.18. The van der Waals surface area contributed by atoms with E-state index in [2.05, 4.69) is 13.8 Å². The van der Waals surface area contributed by atoms with Crippen LogP contribution in [0.4, 0.5) is 11.5 Å². The van der Waals surface area contributed by atoms with Gasteiger partial charge in [0, 0.05) is 29.0 Å². The van der Waals surface area contributed by atoms with Crippen LogP contribution in [0, 0.1) is 0 Å². The first-order valence-corrected chi connectivity index (χ1v) is 8.83. The average Bonchev–Trinajstić information content (AvgIpc) is 3.42. The molecule has 1 aromatic carbocycles. The van der Waals surface area contributed by atoms with E-state index >= 15 is 0 Å². The molecule has 1 amide bonds. The first kappa shape index (κ1) is 18.4. The molecule has 0 radical (unpaired) electrons. The highest BCUT2D eigenvalue weighted by molar-refractivity contribution is 7.27. The molecule has 126 valence electrons. The minimum Gasteiger partial charge on any atom is -0.399 e. The maximum atomic E-state index is 12.8. The van der Waals surface area contributed by atoms with Crippen LogP contribution in [0.1, 0.15) is 32.3 Å². The normalized spacial score (nSPS) is 12.8. The topological polar surface area (TPSA) is 59.2 Å². The highest BCUT2D eigenvalue weighted by atomic mass is 35.5. The molecule has 0 atom stereocenters. The van der Waals surface area contributed by atoms with Gasteiger partial charge in [-0.2, -0.15) is 0 Å². The van der Waals surface area contributed by atoms with Gasteiger partial charge in [-0.1, -0.05) is 37.6 Å². The lowest BCUT2D eigenvalue weighted by Gasteiger charge is -2.22. The Morgan fingerprint density at radius 3 is 2.42 bits per heavy atom. The predicted molar refractivity (Wildman–Crippen MR) is 104 cm³/mol. The van der Waals surface area contributed by atoms with Crippen molar-refractivity contribution in [3.05, 3.63) is 53.2 Å². The van der Waals surface area contributed by atoms with E-state index in [-0.39, 0.29) is 11.9 Å². The number of amides is 1. The molecule has 3 rings (SSSR count). The Labute approximate surface area is 149 Å². The number of hydrogen-bond acceptors (Lipinski definition) is 3.